The first-order chi connectivity index (χ1) is 13.3. The molecule has 0 unspecified atom stereocenters. The van der Waals surface area contributed by atoms with Crippen molar-refractivity contribution >= 4 is 17.6 Å². The minimum absolute atomic E-state index is 0.129. The van der Waals surface area contributed by atoms with Crippen LogP contribution in [0.25, 0.3) is 0 Å². The zero-order chi connectivity index (χ0) is 20.7. The number of carbonyl (C=O) groups excluding carboxylic acids is 2. The molecule has 2 aromatic rings. The van der Waals surface area contributed by atoms with E-state index in [4.69, 9.17) is 4.74 Å². The number of nitrogens with zero attached hydrogens (tertiary/aromatic N) is 3. The van der Waals surface area contributed by atoms with E-state index in [1.165, 1.54) is 18.5 Å². The number of ether oxygens (including phenoxy) is 1. The molecule has 150 valence electrons. The predicted molar refractivity (Wildman–Crippen MR) is 102 cm³/mol. The second kappa shape index (κ2) is 9.63. The van der Waals surface area contributed by atoms with Gasteiger partial charge in [0, 0.05) is 0 Å². The van der Waals surface area contributed by atoms with Crippen molar-refractivity contribution < 1.29 is 19.2 Å². The number of rotatable bonds is 9. The molecule has 1 atom stereocenters. The van der Waals surface area contributed by atoms with Crippen LogP contribution in [-0.2, 0) is 20.9 Å². The van der Waals surface area contributed by atoms with Crippen molar-refractivity contribution in [3.8, 4) is 0 Å². The summed E-state index contributed by atoms with van der Waals surface area (Å²) >= 11 is 0. The van der Waals surface area contributed by atoms with Gasteiger partial charge in [-0.1, -0.05) is 43.7 Å². The molecule has 0 saturated carbocycles. The number of amides is 1. The molecular weight excluding hydrogens is 364 g/mol. The fourth-order valence-corrected chi connectivity index (χ4v) is 2.95. The van der Waals surface area contributed by atoms with Gasteiger partial charge in [0.15, 0.2) is 6.61 Å². The van der Waals surface area contributed by atoms with Crippen LogP contribution in [0.15, 0.2) is 30.3 Å². The van der Waals surface area contributed by atoms with Crippen molar-refractivity contribution in [3.05, 3.63) is 57.4 Å². The largest absolute Gasteiger partial charge is 0.454 e. The highest BCUT2D eigenvalue weighted by molar-refractivity contribution is 5.80. The van der Waals surface area contributed by atoms with Crippen LogP contribution in [0.4, 0.5) is 5.69 Å². The van der Waals surface area contributed by atoms with E-state index in [0.29, 0.717) is 0 Å². The maximum atomic E-state index is 12.2. The topological polar surface area (TPSA) is 116 Å². The van der Waals surface area contributed by atoms with Gasteiger partial charge in [0.25, 0.3) is 5.91 Å². The Hall–Kier alpha value is -3.23. The highest BCUT2D eigenvalue weighted by atomic mass is 16.6. The number of nitrogens with one attached hydrogen (secondary N) is 1. The summed E-state index contributed by atoms with van der Waals surface area (Å²) in [5.74, 6) is -1.10. The second-order valence-corrected chi connectivity index (χ2v) is 6.41. The van der Waals surface area contributed by atoms with Gasteiger partial charge < -0.3 is 10.1 Å². The quantitative estimate of drug-likeness (QED) is 0.401. The van der Waals surface area contributed by atoms with Crippen LogP contribution in [0, 0.1) is 24.0 Å². The molecule has 1 heterocycles. The average Bonchev–Trinajstić information content (AvgIpc) is 2.93. The summed E-state index contributed by atoms with van der Waals surface area (Å²) in [6.07, 6.45) is 1.65. The normalized spacial score (nSPS) is 11.7. The molecule has 1 aromatic heterocycles. The Kier molecular flexibility index (Phi) is 7.25. The summed E-state index contributed by atoms with van der Waals surface area (Å²) in [5.41, 5.74) is 1.34. The first-order valence-corrected chi connectivity index (χ1v) is 9.01. The molecule has 9 nitrogen and oxygen atoms in total. The fourth-order valence-electron chi connectivity index (χ4n) is 2.95. The number of hydrogen-bond donors (Lipinski definition) is 1. The Balaban J connectivity index is 1.91. The Bertz CT molecular complexity index is 848. The highest BCUT2D eigenvalue weighted by Gasteiger charge is 2.23. The van der Waals surface area contributed by atoms with Crippen molar-refractivity contribution in [2.45, 2.75) is 46.2 Å². The number of aryl methyl sites for hydroxylation is 1. The van der Waals surface area contributed by atoms with Crippen LogP contribution in [0.3, 0.4) is 0 Å². The molecule has 0 bridgehead atoms. The van der Waals surface area contributed by atoms with Gasteiger partial charge in [-0.05, 0) is 25.8 Å². The van der Waals surface area contributed by atoms with Crippen molar-refractivity contribution in [3.63, 3.8) is 0 Å². The molecule has 9 heteroatoms. The molecule has 2 rings (SSSR count). The van der Waals surface area contributed by atoms with Gasteiger partial charge in [0.05, 0.1) is 11.0 Å². The number of carbonyl (C=O) groups is 2. The maximum absolute atomic E-state index is 12.2. The highest BCUT2D eigenvalue weighted by Crippen LogP contribution is 2.21. The van der Waals surface area contributed by atoms with E-state index >= 15 is 0 Å². The molecule has 0 spiro atoms. The van der Waals surface area contributed by atoms with E-state index in [1.807, 2.05) is 37.3 Å². The van der Waals surface area contributed by atoms with Gasteiger partial charge in [0.2, 0.25) is 0 Å². The van der Waals surface area contributed by atoms with Gasteiger partial charge in [-0.25, -0.2) is 0 Å². The SMILES string of the molecule is CCC[C@H](NC(=O)COC(=O)Cn1nc(C)c([N+](=O)[O-])c1C)c1ccccc1. The summed E-state index contributed by atoms with van der Waals surface area (Å²) in [7, 11) is 0. The van der Waals surface area contributed by atoms with E-state index in [-0.39, 0.29) is 29.7 Å². The minimum atomic E-state index is -0.692. The lowest BCUT2D eigenvalue weighted by Gasteiger charge is -2.18. The summed E-state index contributed by atoms with van der Waals surface area (Å²) in [5, 5.41) is 17.9. The maximum Gasteiger partial charge on any atom is 0.328 e. The van der Waals surface area contributed by atoms with Crippen LogP contribution in [0.2, 0.25) is 0 Å². The van der Waals surface area contributed by atoms with Crippen LogP contribution in [0.1, 0.15) is 42.8 Å². The molecule has 1 aromatic carbocycles. The smallest absolute Gasteiger partial charge is 0.328 e. The van der Waals surface area contributed by atoms with E-state index in [9.17, 15) is 19.7 Å². The lowest BCUT2D eigenvalue weighted by atomic mass is 10.0. The Labute approximate surface area is 162 Å². The van der Waals surface area contributed by atoms with E-state index in [1.54, 1.807) is 0 Å². The number of aromatic nitrogens is 2. The van der Waals surface area contributed by atoms with E-state index in [2.05, 4.69) is 10.4 Å². The van der Waals surface area contributed by atoms with Gasteiger partial charge in [-0.2, -0.15) is 5.10 Å². The zero-order valence-corrected chi connectivity index (χ0v) is 16.2. The molecular formula is C19H24N4O5. The van der Waals surface area contributed by atoms with E-state index in [0.717, 1.165) is 18.4 Å². The second-order valence-electron chi connectivity index (χ2n) is 6.41. The van der Waals surface area contributed by atoms with Crippen LogP contribution in [-0.4, -0.2) is 33.2 Å². The Morgan fingerprint density at radius 3 is 2.54 bits per heavy atom. The summed E-state index contributed by atoms with van der Waals surface area (Å²) < 4.78 is 6.21. The molecule has 0 aliphatic rings. The summed E-state index contributed by atoms with van der Waals surface area (Å²) in [6, 6.07) is 9.41. The molecule has 28 heavy (non-hydrogen) atoms. The van der Waals surface area contributed by atoms with Gasteiger partial charge in [0.1, 0.15) is 17.9 Å². The predicted octanol–water partition coefficient (Wildman–Crippen LogP) is 2.61. The third kappa shape index (κ3) is 5.38. The van der Waals surface area contributed by atoms with Crippen LogP contribution in [0.5, 0.6) is 0 Å². The molecule has 1 amide bonds. The molecule has 1 N–H and O–H groups in total. The number of hydrogen-bond acceptors (Lipinski definition) is 6. The molecule has 0 aliphatic carbocycles. The van der Waals surface area contributed by atoms with Gasteiger partial charge >= 0.3 is 11.7 Å². The Morgan fingerprint density at radius 2 is 1.96 bits per heavy atom. The van der Waals surface area contributed by atoms with Gasteiger partial charge in [-0.15, -0.1) is 0 Å². The standard InChI is InChI=1S/C19H24N4O5/c1-4-8-16(15-9-6-5-7-10-15)20-17(24)12-28-18(25)11-22-14(3)19(23(26)27)13(2)21-22/h5-7,9-10,16H,4,8,11-12H2,1-3H3,(H,20,24)/t16-/m0/s1. The first kappa shape index (κ1) is 21.1. The van der Waals surface area contributed by atoms with E-state index < -0.39 is 23.4 Å². The molecule has 0 fully saturated rings. The average molecular weight is 388 g/mol. The lowest BCUT2D eigenvalue weighted by molar-refractivity contribution is -0.386. The summed E-state index contributed by atoms with van der Waals surface area (Å²) in [4.78, 5) is 34.7. The number of benzene rings is 1. The minimum Gasteiger partial charge on any atom is -0.454 e. The number of esters is 1. The van der Waals surface area contributed by atoms with Gasteiger partial charge in [-0.3, -0.25) is 24.4 Å². The molecule has 0 saturated heterocycles. The van der Waals surface area contributed by atoms with Crippen LogP contribution >= 0.6 is 0 Å². The third-order valence-electron chi connectivity index (χ3n) is 4.28. The Morgan fingerprint density at radius 1 is 1.29 bits per heavy atom. The monoisotopic (exact) mass is 388 g/mol. The van der Waals surface area contributed by atoms with Crippen molar-refractivity contribution in [2.75, 3.05) is 6.61 Å². The van der Waals surface area contributed by atoms with Crippen molar-refractivity contribution in [2.24, 2.45) is 0 Å². The van der Waals surface area contributed by atoms with Crippen molar-refractivity contribution in [1.82, 2.24) is 15.1 Å². The summed E-state index contributed by atoms with van der Waals surface area (Å²) in [6.45, 7) is 4.30. The fraction of sp³-hybridized carbons (Fsp3) is 0.421. The van der Waals surface area contributed by atoms with Crippen molar-refractivity contribution in [1.29, 1.82) is 0 Å². The van der Waals surface area contributed by atoms with Crippen LogP contribution < -0.4 is 5.32 Å². The first-order valence-electron chi connectivity index (χ1n) is 9.01. The molecule has 0 radical (unpaired) electrons. The lowest BCUT2D eigenvalue weighted by Crippen LogP contribution is -2.33. The zero-order valence-electron chi connectivity index (χ0n) is 16.2. The third-order valence-corrected chi connectivity index (χ3v) is 4.28. The molecule has 0 aliphatic heterocycles. The number of nitro groups is 1.